The van der Waals surface area contributed by atoms with Gasteiger partial charge in [-0.15, -0.1) is 0 Å². The minimum atomic E-state index is -4.98. The Bertz CT molecular complexity index is 2370. The summed E-state index contributed by atoms with van der Waals surface area (Å²) in [6.07, 6.45) is 78.9. The fraction of sp³-hybridized carbons (Fsp3) is 0.704. The molecule has 0 aromatic heterocycles. The maximum Gasteiger partial charge on any atom is 0.472 e. The molecule has 3 N–H and O–H groups in total. The van der Waals surface area contributed by atoms with Crippen LogP contribution < -0.4 is 0 Å². The van der Waals surface area contributed by atoms with Gasteiger partial charge in [0, 0.05) is 25.7 Å². The molecular formula is C81H138O17P2. The van der Waals surface area contributed by atoms with Gasteiger partial charge >= 0.3 is 39.5 Å². The molecule has 0 aliphatic rings. The summed E-state index contributed by atoms with van der Waals surface area (Å²) in [5, 5.41) is 10.6. The maximum absolute atomic E-state index is 13.1. The summed E-state index contributed by atoms with van der Waals surface area (Å²) in [4.78, 5) is 72.9. The molecule has 5 unspecified atom stereocenters. The number of phosphoric ester groups is 2. The average Bonchev–Trinajstić information content (AvgIpc) is 1.06. The number of carbonyl (C=O) groups excluding carboxylic acids is 4. The molecular weight excluding hydrogens is 1310 g/mol. The lowest BCUT2D eigenvalue weighted by atomic mass is 10.1. The SMILES string of the molecule is CC/C=C\C/C=C\C/C=C\CCCCCCCCCC(=O)OCC(COP(=O)(O)OCC(O)COP(=O)(O)OCC(COC(=O)CCCCCCC/C=C\C/C=C\C/C=C\CC)OC(=O)CCCCCCC/C=C\C/C=C\CCC)OC(=O)CCCCCCC/C=C\C/C=C\CCCCC. The number of unbranched alkanes of at least 4 members (excludes halogenated alkanes) is 26. The maximum atomic E-state index is 13.1. The lowest BCUT2D eigenvalue weighted by molar-refractivity contribution is -0.161. The molecule has 0 amide bonds. The van der Waals surface area contributed by atoms with Crippen LogP contribution in [0.25, 0.3) is 0 Å². The molecule has 0 saturated carbocycles. The van der Waals surface area contributed by atoms with Crippen LogP contribution in [0.1, 0.15) is 310 Å². The Labute approximate surface area is 606 Å². The highest BCUT2D eigenvalue weighted by atomic mass is 31.2. The minimum absolute atomic E-state index is 0.0725. The number of phosphoric acid groups is 2. The molecule has 5 atom stereocenters. The lowest BCUT2D eigenvalue weighted by Crippen LogP contribution is -2.30. The molecule has 0 aromatic rings. The van der Waals surface area contributed by atoms with Crippen LogP contribution in [0.2, 0.25) is 0 Å². The van der Waals surface area contributed by atoms with Gasteiger partial charge in [-0.25, -0.2) is 9.13 Å². The zero-order valence-corrected chi connectivity index (χ0v) is 64.4. The van der Waals surface area contributed by atoms with Gasteiger partial charge in [-0.2, -0.15) is 0 Å². The molecule has 0 aliphatic carbocycles. The van der Waals surface area contributed by atoms with Crippen LogP contribution in [-0.2, 0) is 65.4 Å². The Morgan fingerprint density at radius 1 is 0.290 bits per heavy atom. The normalized spacial score (nSPS) is 14.6. The van der Waals surface area contributed by atoms with Gasteiger partial charge in [0.2, 0.25) is 0 Å². The van der Waals surface area contributed by atoms with E-state index >= 15 is 0 Å². The molecule has 0 bridgehead atoms. The van der Waals surface area contributed by atoms with Crippen molar-refractivity contribution in [2.45, 2.75) is 329 Å². The number of esters is 4. The fourth-order valence-electron chi connectivity index (χ4n) is 10.0. The van der Waals surface area contributed by atoms with E-state index in [0.29, 0.717) is 25.7 Å². The summed E-state index contributed by atoms with van der Waals surface area (Å²) in [7, 11) is -9.97. The van der Waals surface area contributed by atoms with Crippen LogP contribution in [0.15, 0.2) is 122 Å². The van der Waals surface area contributed by atoms with E-state index in [1.807, 2.05) is 0 Å². The van der Waals surface area contributed by atoms with Crippen molar-refractivity contribution in [3.63, 3.8) is 0 Å². The molecule has 0 spiro atoms. The number of hydrogen-bond donors (Lipinski definition) is 3. The molecule has 19 heteroatoms. The Morgan fingerprint density at radius 2 is 0.540 bits per heavy atom. The van der Waals surface area contributed by atoms with Crippen LogP contribution in [0.4, 0.5) is 0 Å². The Hall–Kier alpha value is -4.54. The largest absolute Gasteiger partial charge is 0.472 e. The van der Waals surface area contributed by atoms with E-state index in [2.05, 4.69) is 149 Å². The van der Waals surface area contributed by atoms with Gasteiger partial charge in [0.15, 0.2) is 12.2 Å². The number of hydrogen-bond acceptors (Lipinski definition) is 15. The standard InChI is InChI=1S/C81H138O17P2/c1-5-9-13-17-21-25-29-33-36-37-40-43-46-50-54-58-62-66-79(84)92-72-77(98-81(86)68-64-60-56-52-48-44-39-35-31-27-23-19-15-11-7-3)74-96-100(89,90)94-70-75(82)69-93-99(87,88)95-73-76(97-80(85)67-63-59-55-51-47-41-32-28-24-20-16-12-8-4)71-91-78(83)65-61-57-53-49-45-42-38-34-30-26-22-18-14-10-6-2/h9-10,13-14,16,20-23,25-28,32-36,38-39,75-77,82H,5-8,11-12,15,17-19,24,29-31,37,40-74H2,1-4H3,(H,87,88)(H,89,90)/b13-9-,14-10-,20-16-,25-21-,26-22-,27-23-,32-28-,36-33-,38-34-,39-35-. The van der Waals surface area contributed by atoms with Crippen LogP contribution in [0.3, 0.4) is 0 Å². The number of rotatable bonds is 72. The first-order valence-electron chi connectivity index (χ1n) is 38.8. The summed E-state index contributed by atoms with van der Waals surface area (Å²) in [6, 6.07) is 0. The van der Waals surface area contributed by atoms with Crippen molar-refractivity contribution in [3.8, 4) is 0 Å². The van der Waals surface area contributed by atoms with Gasteiger partial charge < -0.3 is 33.8 Å². The van der Waals surface area contributed by atoms with Crippen molar-refractivity contribution in [2.75, 3.05) is 39.6 Å². The fourth-order valence-corrected chi connectivity index (χ4v) is 11.6. The number of aliphatic hydroxyl groups excluding tert-OH is 1. The van der Waals surface area contributed by atoms with Gasteiger partial charge in [-0.3, -0.25) is 37.3 Å². The third kappa shape index (κ3) is 71.8. The van der Waals surface area contributed by atoms with Crippen molar-refractivity contribution in [3.05, 3.63) is 122 Å². The van der Waals surface area contributed by atoms with Crippen LogP contribution in [0.5, 0.6) is 0 Å². The summed E-state index contributed by atoms with van der Waals surface area (Å²) >= 11 is 0. The molecule has 0 saturated heterocycles. The summed E-state index contributed by atoms with van der Waals surface area (Å²) in [6.45, 7) is 4.51. The van der Waals surface area contributed by atoms with Crippen LogP contribution in [-0.4, -0.2) is 96.7 Å². The molecule has 0 aromatic carbocycles. The molecule has 0 aliphatic heterocycles. The van der Waals surface area contributed by atoms with E-state index < -0.39 is 97.5 Å². The minimum Gasteiger partial charge on any atom is -0.462 e. The molecule has 100 heavy (non-hydrogen) atoms. The number of carbonyl (C=O) groups is 4. The Balaban J connectivity index is 5.38. The molecule has 17 nitrogen and oxygen atoms in total. The Kier molecular flexibility index (Phi) is 69.5. The predicted molar refractivity (Wildman–Crippen MR) is 408 cm³/mol. The first-order chi connectivity index (χ1) is 48.7. The lowest BCUT2D eigenvalue weighted by Gasteiger charge is -2.21. The molecule has 0 rings (SSSR count). The van der Waals surface area contributed by atoms with Gasteiger partial charge in [-0.1, -0.05) is 258 Å². The highest BCUT2D eigenvalue weighted by molar-refractivity contribution is 7.47. The number of ether oxygens (including phenoxy) is 4. The summed E-state index contributed by atoms with van der Waals surface area (Å²) < 4.78 is 68.5. The van der Waals surface area contributed by atoms with E-state index in [0.717, 1.165) is 212 Å². The van der Waals surface area contributed by atoms with Crippen LogP contribution >= 0.6 is 15.6 Å². The number of allylic oxidation sites excluding steroid dienone is 20. The molecule has 574 valence electrons. The van der Waals surface area contributed by atoms with Gasteiger partial charge in [0.25, 0.3) is 0 Å². The van der Waals surface area contributed by atoms with Crippen LogP contribution in [0, 0.1) is 0 Å². The average molecular weight is 1450 g/mol. The molecule has 0 fully saturated rings. The zero-order valence-electron chi connectivity index (χ0n) is 62.6. The number of aliphatic hydroxyl groups is 1. The second-order valence-electron chi connectivity index (χ2n) is 25.5. The van der Waals surface area contributed by atoms with Gasteiger partial charge in [0.05, 0.1) is 26.4 Å². The van der Waals surface area contributed by atoms with E-state index in [1.54, 1.807) is 0 Å². The van der Waals surface area contributed by atoms with Gasteiger partial charge in [-0.05, 0) is 148 Å². The van der Waals surface area contributed by atoms with Crippen molar-refractivity contribution in [1.29, 1.82) is 0 Å². The molecule has 0 radical (unpaired) electrons. The van der Waals surface area contributed by atoms with Crippen molar-refractivity contribution < 1.29 is 80.2 Å². The van der Waals surface area contributed by atoms with Crippen molar-refractivity contribution in [2.24, 2.45) is 0 Å². The second kappa shape index (κ2) is 72.8. The van der Waals surface area contributed by atoms with Crippen molar-refractivity contribution >= 4 is 39.5 Å². The smallest absolute Gasteiger partial charge is 0.462 e. The Morgan fingerprint density at radius 3 is 0.840 bits per heavy atom. The highest BCUT2D eigenvalue weighted by Gasteiger charge is 2.30. The first-order valence-corrected chi connectivity index (χ1v) is 41.8. The summed E-state index contributed by atoms with van der Waals surface area (Å²) in [5.41, 5.74) is 0. The van der Waals surface area contributed by atoms with E-state index in [1.165, 1.54) is 19.3 Å². The third-order valence-corrected chi connectivity index (χ3v) is 17.8. The van der Waals surface area contributed by atoms with Crippen molar-refractivity contribution in [1.82, 2.24) is 0 Å². The van der Waals surface area contributed by atoms with E-state index in [-0.39, 0.29) is 25.7 Å². The monoisotopic (exact) mass is 1440 g/mol. The first kappa shape index (κ1) is 95.5. The second-order valence-corrected chi connectivity index (χ2v) is 28.4. The molecule has 0 heterocycles. The summed E-state index contributed by atoms with van der Waals surface area (Å²) in [5.74, 6) is -2.23. The predicted octanol–water partition coefficient (Wildman–Crippen LogP) is 22.3. The quantitative estimate of drug-likeness (QED) is 0.0169. The zero-order chi connectivity index (χ0) is 73.2. The topological polar surface area (TPSA) is 237 Å². The third-order valence-electron chi connectivity index (χ3n) is 15.9. The van der Waals surface area contributed by atoms with E-state index in [4.69, 9.17) is 37.0 Å². The van der Waals surface area contributed by atoms with E-state index in [9.17, 15) is 43.2 Å². The highest BCUT2D eigenvalue weighted by Crippen LogP contribution is 2.45. The van der Waals surface area contributed by atoms with Gasteiger partial charge in [0.1, 0.15) is 19.3 Å².